The van der Waals surface area contributed by atoms with E-state index in [9.17, 15) is 0 Å². The highest BCUT2D eigenvalue weighted by molar-refractivity contribution is 7.16. The molecule has 3 heteroatoms. The molecule has 21 heavy (non-hydrogen) atoms. The number of nitrogens with zero attached hydrogens (tertiary/aromatic N) is 2. The zero-order chi connectivity index (χ0) is 15.0. The van der Waals surface area contributed by atoms with Crippen molar-refractivity contribution in [3.63, 3.8) is 0 Å². The maximum Gasteiger partial charge on any atom is 0.0813 e. The zero-order valence-corrected chi connectivity index (χ0v) is 14.2. The van der Waals surface area contributed by atoms with Gasteiger partial charge in [-0.15, -0.1) is 11.3 Å². The molecule has 0 spiro atoms. The first-order chi connectivity index (χ1) is 9.97. The van der Waals surface area contributed by atoms with E-state index < -0.39 is 0 Å². The minimum absolute atomic E-state index is 0.332. The number of thiazole rings is 1. The SMILES string of the molecule is CN(c1ccc2ncsc2c1)C1CC=CCC1C(C)(C)C. The average molecular weight is 300 g/mol. The first-order valence-electron chi connectivity index (χ1n) is 7.68. The molecular weight excluding hydrogens is 276 g/mol. The van der Waals surface area contributed by atoms with Gasteiger partial charge in [0, 0.05) is 18.8 Å². The van der Waals surface area contributed by atoms with Crippen LogP contribution in [0.4, 0.5) is 5.69 Å². The summed E-state index contributed by atoms with van der Waals surface area (Å²) in [5.41, 5.74) is 4.67. The van der Waals surface area contributed by atoms with E-state index in [-0.39, 0.29) is 0 Å². The molecule has 0 radical (unpaired) electrons. The summed E-state index contributed by atoms with van der Waals surface area (Å²) < 4.78 is 1.28. The van der Waals surface area contributed by atoms with Crippen LogP contribution in [0.25, 0.3) is 10.2 Å². The van der Waals surface area contributed by atoms with Gasteiger partial charge in [-0.1, -0.05) is 32.9 Å². The van der Waals surface area contributed by atoms with Crippen molar-refractivity contribution in [1.82, 2.24) is 4.98 Å². The number of fused-ring (bicyclic) bond motifs is 1. The molecule has 0 amide bonds. The minimum atomic E-state index is 0.332. The molecule has 1 heterocycles. The van der Waals surface area contributed by atoms with Gasteiger partial charge in [0.25, 0.3) is 0 Å². The lowest BCUT2D eigenvalue weighted by Gasteiger charge is -2.43. The second-order valence-electron chi connectivity index (χ2n) is 7.10. The van der Waals surface area contributed by atoms with Crippen LogP contribution in [-0.4, -0.2) is 18.1 Å². The van der Waals surface area contributed by atoms with Crippen molar-refractivity contribution < 1.29 is 0 Å². The summed E-state index contributed by atoms with van der Waals surface area (Å²) in [6.07, 6.45) is 7.02. The number of hydrogen-bond donors (Lipinski definition) is 0. The Morgan fingerprint density at radius 2 is 1.95 bits per heavy atom. The molecule has 0 N–H and O–H groups in total. The Hall–Kier alpha value is -1.35. The standard InChI is InChI=1S/C18H24N2S/c1-18(2,3)14-7-5-6-8-16(14)20(4)13-9-10-15-17(11-13)21-12-19-15/h5-6,9-12,14,16H,7-8H2,1-4H3. The van der Waals surface area contributed by atoms with E-state index in [2.05, 4.69) is 68.1 Å². The molecule has 1 aliphatic rings. The predicted molar refractivity (Wildman–Crippen MR) is 93.1 cm³/mol. The van der Waals surface area contributed by atoms with Gasteiger partial charge in [-0.25, -0.2) is 4.98 Å². The van der Waals surface area contributed by atoms with Crippen LogP contribution in [0.15, 0.2) is 35.9 Å². The molecule has 0 bridgehead atoms. The molecule has 2 atom stereocenters. The van der Waals surface area contributed by atoms with Gasteiger partial charge in [0.15, 0.2) is 0 Å². The van der Waals surface area contributed by atoms with Gasteiger partial charge in [-0.2, -0.15) is 0 Å². The van der Waals surface area contributed by atoms with Crippen molar-refractivity contribution in [3.8, 4) is 0 Å². The number of benzene rings is 1. The molecule has 112 valence electrons. The van der Waals surface area contributed by atoms with E-state index in [1.165, 1.54) is 16.8 Å². The second kappa shape index (κ2) is 5.45. The number of aromatic nitrogens is 1. The Bertz CT molecular complexity index is 651. The third-order valence-electron chi connectivity index (χ3n) is 4.73. The summed E-state index contributed by atoms with van der Waals surface area (Å²) in [6, 6.07) is 7.20. The normalized spacial score (nSPS) is 22.7. The van der Waals surface area contributed by atoms with Crippen molar-refractivity contribution in [2.45, 2.75) is 39.7 Å². The Morgan fingerprint density at radius 3 is 2.71 bits per heavy atom. The first-order valence-corrected chi connectivity index (χ1v) is 8.56. The Balaban J connectivity index is 1.91. The van der Waals surface area contributed by atoms with E-state index >= 15 is 0 Å². The smallest absolute Gasteiger partial charge is 0.0813 e. The maximum absolute atomic E-state index is 4.37. The molecule has 1 aromatic heterocycles. The van der Waals surface area contributed by atoms with Crippen LogP contribution >= 0.6 is 11.3 Å². The van der Waals surface area contributed by atoms with Gasteiger partial charge in [-0.05, 0) is 42.4 Å². The molecule has 2 nitrogen and oxygen atoms in total. The van der Waals surface area contributed by atoms with Crippen LogP contribution in [0, 0.1) is 11.3 Å². The van der Waals surface area contributed by atoms with E-state index in [0.717, 1.165) is 11.9 Å². The van der Waals surface area contributed by atoms with Crippen LogP contribution in [-0.2, 0) is 0 Å². The largest absolute Gasteiger partial charge is 0.371 e. The van der Waals surface area contributed by atoms with Gasteiger partial charge in [-0.3, -0.25) is 0 Å². The lowest BCUT2D eigenvalue weighted by atomic mass is 9.71. The van der Waals surface area contributed by atoms with Crippen molar-refractivity contribution in [3.05, 3.63) is 35.9 Å². The topological polar surface area (TPSA) is 16.1 Å². The lowest BCUT2D eigenvalue weighted by Crippen LogP contribution is -2.44. The van der Waals surface area contributed by atoms with Crippen LogP contribution in [0.3, 0.4) is 0 Å². The molecule has 0 fully saturated rings. The Labute approximate surface area is 131 Å². The predicted octanol–water partition coefficient (Wildman–Crippen LogP) is 5.11. The average Bonchev–Trinajstić information content (AvgIpc) is 2.93. The summed E-state index contributed by atoms with van der Waals surface area (Å²) in [7, 11) is 2.24. The summed E-state index contributed by atoms with van der Waals surface area (Å²) in [4.78, 5) is 6.85. The third-order valence-corrected chi connectivity index (χ3v) is 5.52. The quantitative estimate of drug-likeness (QED) is 0.716. The fourth-order valence-corrected chi connectivity index (χ4v) is 4.12. The molecule has 0 saturated carbocycles. The molecule has 1 aromatic carbocycles. The van der Waals surface area contributed by atoms with Gasteiger partial charge in [0.2, 0.25) is 0 Å². The van der Waals surface area contributed by atoms with Crippen LogP contribution in [0.2, 0.25) is 0 Å². The number of hydrogen-bond acceptors (Lipinski definition) is 3. The zero-order valence-electron chi connectivity index (χ0n) is 13.3. The monoisotopic (exact) mass is 300 g/mol. The molecule has 2 unspecified atom stereocenters. The van der Waals surface area contributed by atoms with E-state index in [0.29, 0.717) is 17.4 Å². The van der Waals surface area contributed by atoms with Crippen LogP contribution < -0.4 is 4.90 Å². The van der Waals surface area contributed by atoms with Gasteiger partial charge in [0.05, 0.1) is 15.7 Å². The summed E-state index contributed by atoms with van der Waals surface area (Å²) >= 11 is 1.72. The molecule has 0 saturated heterocycles. The highest BCUT2D eigenvalue weighted by Gasteiger charge is 2.34. The van der Waals surface area contributed by atoms with E-state index in [4.69, 9.17) is 0 Å². The summed E-state index contributed by atoms with van der Waals surface area (Å²) in [6.45, 7) is 7.10. The molecule has 0 aliphatic heterocycles. The van der Waals surface area contributed by atoms with Crippen LogP contribution in [0.5, 0.6) is 0 Å². The molecule has 1 aliphatic carbocycles. The van der Waals surface area contributed by atoms with Gasteiger partial charge in [0.1, 0.15) is 0 Å². The highest BCUT2D eigenvalue weighted by atomic mass is 32.1. The Morgan fingerprint density at radius 1 is 1.19 bits per heavy atom. The highest BCUT2D eigenvalue weighted by Crippen LogP contribution is 2.39. The number of rotatable bonds is 2. The number of allylic oxidation sites excluding steroid dienone is 1. The summed E-state index contributed by atoms with van der Waals surface area (Å²) in [5, 5.41) is 0. The maximum atomic E-state index is 4.37. The lowest BCUT2D eigenvalue weighted by molar-refractivity contribution is 0.193. The first kappa shape index (κ1) is 14.6. The van der Waals surface area contributed by atoms with Gasteiger partial charge < -0.3 is 4.90 Å². The molecular formula is C18H24N2S. The molecule has 3 rings (SSSR count). The van der Waals surface area contributed by atoms with Crippen molar-refractivity contribution in [2.24, 2.45) is 11.3 Å². The van der Waals surface area contributed by atoms with E-state index in [1.54, 1.807) is 11.3 Å². The number of anilines is 1. The van der Waals surface area contributed by atoms with Crippen molar-refractivity contribution in [1.29, 1.82) is 0 Å². The van der Waals surface area contributed by atoms with E-state index in [1.807, 2.05) is 5.51 Å². The minimum Gasteiger partial charge on any atom is -0.371 e. The summed E-state index contributed by atoms with van der Waals surface area (Å²) in [5.74, 6) is 0.685. The second-order valence-corrected chi connectivity index (χ2v) is 7.98. The van der Waals surface area contributed by atoms with Gasteiger partial charge >= 0.3 is 0 Å². The fourth-order valence-electron chi connectivity index (χ4n) is 3.41. The molecule has 2 aromatic rings. The fraction of sp³-hybridized carbons (Fsp3) is 0.500. The van der Waals surface area contributed by atoms with Crippen molar-refractivity contribution >= 4 is 27.2 Å². The Kier molecular flexibility index (Phi) is 3.78. The van der Waals surface area contributed by atoms with Crippen molar-refractivity contribution in [2.75, 3.05) is 11.9 Å². The van der Waals surface area contributed by atoms with Crippen LogP contribution in [0.1, 0.15) is 33.6 Å². The third kappa shape index (κ3) is 2.84.